The number of rotatable bonds is 4. The fourth-order valence-corrected chi connectivity index (χ4v) is 0.865. The van der Waals surface area contributed by atoms with E-state index >= 15 is 0 Å². The van der Waals surface area contributed by atoms with Crippen molar-refractivity contribution < 1.29 is 15.0 Å². The van der Waals surface area contributed by atoms with Crippen molar-refractivity contribution in [3.8, 4) is 0 Å². The summed E-state index contributed by atoms with van der Waals surface area (Å²) in [6.07, 6.45) is 7.19. The van der Waals surface area contributed by atoms with Gasteiger partial charge in [-0.3, -0.25) is 4.98 Å². The second-order valence-electron chi connectivity index (χ2n) is 3.20. The normalized spacial score (nSPS) is 10.1. The molecular formula is C13H17NO3. The quantitative estimate of drug-likeness (QED) is 0.784. The summed E-state index contributed by atoms with van der Waals surface area (Å²) in [5.41, 5.74) is 1.34. The predicted molar refractivity (Wildman–Crippen MR) is 67.4 cm³/mol. The van der Waals surface area contributed by atoms with Crippen LogP contribution >= 0.6 is 0 Å². The van der Waals surface area contributed by atoms with Gasteiger partial charge in [0.15, 0.2) is 0 Å². The zero-order valence-corrected chi connectivity index (χ0v) is 9.84. The lowest BCUT2D eigenvalue weighted by Crippen LogP contribution is -1.95. The topological polar surface area (TPSA) is 70.4 Å². The lowest BCUT2D eigenvalue weighted by molar-refractivity contribution is -0.132. The Morgan fingerprint density at radius 1 is 1.59 bits per heavy atom. The Balaban J connectivity index is 0.000000302. The average Bonchev–Trinajstić information content (AvgIpc) is 2.37. The lowest BCUT2D eigenvalue weighted by atomic mass is 10.2. The third-order valence-corrected chi connectivity index (χ3v) is 1.84. The van der Waals surface area contributed by atoms with Gasteiger partial charge in [-0.05, 0) is 25.0 Å². The van der Waals surface area contributed by atoms with E-state index in [-0.39, 0.29) is 12.2 Å². The Morgan fingerprint density at radius 3 is 2.65 bits per heavy atom. The Hall–Kier alpha value is -1.94. The molecule has 92 valence electrons. The molecule has 0 amide bonds. The van der Waals surface area contributed by atoms with E-state index in [1.165, 1.54) is 13.0 Å². The largest absolute Gasteiger partial charge is 0.478 e. The maximum atomic E-state index is 10.1. The summed E-state index contributed by atoms with van der Waals surface area (Å²) in [5, 5.41) is 16.5. The number of pyridine rings is 1. The van der Waals surface area contributed by atoms with Crippen LogP contribution in [0.5, 0.6) is 0 Å². The lowest BCUT2D eigenvalue weighted by Gasteiger charge is -1.89. The second-order valence-corrected chi connectivity index (χ2v) is 3.20. The smallest absolute Gasteiger partial charge is 0.330 e. The number of hydrogen-bond donors (Lipinski definition) is 2. The van der Waals surface area contributed by atoms with Gasteiger partial charge in [-0.1, -0.05) is 24.8 Å². The van der Waals surface area contributed by atoms with Crippen LogP contribution in [0.2, 0.25) is 0 Å². The van der Waals surface area contributed by atoms with Crippen molar-refractivity contribution in [3.63, 3.8) is 0 Å². The molecular weight excluding hydrogens is 218 g/mol. The molecule has 0 saturated heterocycles. The predicted octanol–water partition coefficient (Wildman–Crippen LogP) is 2.12. The Morgan fingerprint density at radius 2 is 2.29 bits per heavy atom. The van der Waals surface area contributed by atoms with Crippen LogP contribution in [0.1, 0.15) is 18.9 Å². The van der Waals surface area contributed by atoms with Gasteiger partial charge in [-0.2, -0.15) is 0 Å². The molecule has 0 radical (unpaired) electrons. The molecule has 0 aliphatic heterocycles. The fourth-order valence-electron chi connectivity index (χ4n) is 0.865. The van der Waals surface area contributed by atoms with Gasteiger partial charge in [0.05, 0.1) is 0 Å². The van der Waals surface area contributed by atoms with Crippen molar-refractivity contribution in [2.24, 2.45) is 0 Å². The SMILES string of the molecule is C=Cc1cccnc1.CC(=CCCO)C(=O)O. The highest BCUT2D eigenvalue weighted by Gasteiger charge is 1.96. The molecule has 0 bridgehead atoms. The van der Waals surface area contributed by atoms with E-state index in [4.69, 9.17) is 10.2 Å². The molecule has 0 aromatic carbocycles. The third-order valence-electron chi connectivity index (χ3n) is 1.84. The van der Waals surface area contributed by atoms with Gasteiger partial charge < -0.3 is 10.2 Å². The first kappa shape index (κ1) is 15.1. The van der Waals surface area contributed by atoms with Crippen molar-refractivity contribution in [1.29, 1.82) is 0 Å². The summed E-state index contributed by atoms with van der Waals surface area (Å²) in [7, 11) is 0. The van der Waals surface area contributed by atoms with Crippen LogP contribution in [0.25, 0.3) is 6.08 Å². The first-order chi connectivity index (χ1) is 8.11. The molecule has 1 heterocycles. The van der Waals surface area contributed by atoms with Gasteiger partial charge in [-0.15, -0.1) is 0 Å². The van der Waals surface area contributed by atoms with Crippen molar-refractivity contribution in [2.75, 3.05) is 6.61 Å². The number of carboxylic acids is 1. The maximum Gasteiger partial charge on any atom is 0.330 e. The van der Waals surface area contributed by atoms with Gasteiger partial charge in [0, 0.05) is 24.6 Å². The number of hydrogen-bond acceptors (Lipinski definition) is 3. The number of carboxylic acid groups (broad SMARTS) is 1. The molecule has 2 N–H and O–H groups in total. The Kier molecular flexibility index (Phi) is 8.24. The first-order valence-corrected chi connectivity index (χ1v) is 5.15. The van der Waals surface area contributed by atoms with Gasteiger partial charge in [-0.25, -0.2) is 4.79 Å². The van der Waals surface area contributed by atoms with Crippen molar-refractivity contribution in [1.82, 2.24) is 4.98 Å². The zero-order valence-electron chi connectivity index (χ0n) is 9.84. The molecule has 0 atom stereocenters. The van der Waals surface area contributed by atoms with E-state index in [1.807, 2.05) is 12.1 Å². The maximum absolute atomic E-state index is 10.1. The highest BCUT2D eigenvalue weighted by Crippen LogP contribution is 1.94. The monoisotopic (exact) mass is 235 g/mol. The Labute approximate surface area is 101 Å². The minimum atomic E-state index is -0.927. The van der Waals surface area contributed by atoms with Crippen LogP contribution in [-0.2, 0) is 4.79 Å². The Bertz CT molecular complexity index is 372. The van der Waals surface area contributed by atoms with Gasteiger partial charge in [0.2, 0.25) is 0 Å². The van der Waals surface area contributed by atoms with E-state index in [0.717, 1.165) is 5.56 Å². The minimum Gasteiger partial charge on any atom is -0.478 e. The highest BCUT2D eigenvalue weighted by molar-refractivity contribution is 5.85. The van der Waals surface area contributed by atoms with Crippen molar-refractivity contribution >= 4 is 12.0 Å². The molecule has 4 heteroatoms. The van der Waals surface area contributed by atoms with E-state index in [2.05, 4.69) is 11.6 Å². The molecule has 0 aliphatic carbocycles. The number of nitrogens with zero attached hydrogens (tertiary/aromatic N) is 1. The summed E-state index contributed by atoms with van der Waals surface area (Å²) >= 11 is 0. The number of carbonyl (C=O) groups is 1. The van der Waals surface area contributed by atoms with Crippen LogP contribution in [0.15, 0.2) is 42.8 Å². The van der Waals surface area contributed by atoms with Gasteiger partial charge in [0.25, 0.3) is 0 Å². The summed E-state index contributed by atoms with van der Waals surface area (Å²) < 4.78 is 0. The number of aliphatic carboxylic acids is 1. The summed E-state index contributed by atoms with van der Waals surface area (Å²) in [5.74, 6) is -0.927. The minimum absolute atomic E-state index is 0.00458. The zero-order chi connectivity index (χ0) is 13.1. The molecule has 4 nitrogen and oxygen atoms in total. The van der Waals surface area contributed by atoms with E-state index < -0.39 is 5.97 Å². The molecule has 0 spiro atoms. The summed E-state index contributed by atoms with van der Waals surface area (Å²) in [6, 6.07) is 3.84. The van der Waals surface area contributed by atoms with Crippen molar-refractivity contribution in [2.45, 2.75) is 13.3 Å². The third kappa shape index (κ3) is 7.93. The number of aliphatic hydroxyl groups is 1. The van der Waals surface area contributed by atoms with Crippen LogP contribution in [-0.4, -0.2) is 27.8 Å². The molecule has 1 aromatic heterocycles. The van der Waals surface area contributed by atoms with E-state index in [0.29, 0.717) is 6.42 Å². The van der Waals surface area contributed by atoms with Crippen LogP contribution < -0.4 is 0 Å². The molecule has 0 saturated carbocycles. The van der Waals surface area contributed by atoms with E-state index in [1.54, 1.807) is 18.5 Å². The molecule has 17 heavy (non-hydrogen) atoms. The molecule has 1 rings (SSSR count). The molecule has 0 aliphatic rings. The molecule has 0 fully saturated rings. The number of aliphatic hydroxyl groups excluding tert-OH is 1. The fraction of sp³-hybridized carbons (Fsp3) is 0.231. The van der Waals surface area contributed by atoms with E-state index in [9.17, 15) is 4.79 Å². The first-order valence-electron chi connectivity index (χ1n) is 5.15. The van der Waals surface area contributed by atoms with Crippen molar-refractivity contribution in [3.05, 3.63) is 48.3 Å². The van der Waals surface area contributed by atoms with Crippen LogP contribution in [0.4, 0.5) is 0 Å². The summed E-state index contributed by atoms with van der Waals surface area (Å²) in [6.45, 7) is 5.09. The second kappa shape index (κ2) is 9.30. The molecule has 1 aromatic rings. The summed E-state index contributed by atoms with van der Waals surface area (Å²) in [4.78, 5) is 13.9. The highest BCUT2D eigenvalue weighted by atomic mass is 16.4. The van der Waals surface area contributed by atoms with Gasteiger partial charge >= 0.3 is 5.97 Å². The van der Waals surface area contributed by atoms with Gasteiger partial charge in [0.1, 0.15) is 0 Å². The average molecular weight is 235 g/mol. The van der Waals surface area contributed by atoms with Crippen LogP contribution in [0.3, 0.4) is 0 Å². The molecule has 0 unspecified atom stereocenters. The number of aromatic nitrogens is 1. The van der Waals surface area contributed by atoms with Crippen LogP contribution in [0, 0.1) is 0 Å². The standard InChI is InChI=1S/C7H7N.C6H10O3/c1-2-7-4-3-5-8-6-7;1-5(6(8)9)3-2-4-7/h2-6H,1H2;3,7H,2,4H2,1H3,(H,8,9).